The highest BCUT2D eigenvalue weighted by Gasteiger charge is 2.47. The smallest absolute Gasteiger partial charge is 0.331 e. The molecule has 2 aliphatic heterocycles. The molecule has 1 saturated heterocycles. The maximum Gasteiger partial charge on any atom is 0.331 e. The second-order valence-electron chi connectivity index (χ2n) is 9.77. The molecule has 0 radical (unpaired) electrons. The van der Waals surface area contributed by atoms with Gasteiger partial charge < -0.3 is 5.11 Å². The van der Waals surface area contributed by atoms with E-state index in [-0.39, 0.29) is 24.4 Å². The molecule has 11 nitrogen and oxygen atoms in total. The second kappa shape index (κ2) is 9.58. The summed E-state index contributed by atoms with van der Waals surface area (Å²) in [5.41, 5.74) is 2.04. The zero-order chi connectivity index (χ0) is 26.6. The first-order valence-corrected chi connectivity index (χ1v) is 13.1. The Kier molecular flexibility index (Phi) is 6.59. The highest BCUT2D eigenvalue weighted by Crippen LogP contribution is 2.47. The number of carbonyl (C=O) groups excluding carboxylic acids is 1. The van der Waals surface area contributed by atoms with Gasteiger partial charge in [0.25, 0.3) is 11.5 Å². The Morgan fingerprint density at radius 3 is 2.65 bits per heavy atom. The highest BCUT2D eigenvalue weighted by molar-refractivity contribution is 8.00. The molecule has 1 N–H and O–H groups in total. The summed E-state index contributed by atoms with van der Waals surface area (Å²) in [5.74, 6) is -0.566. The fraction of sp³-hybridized carbons (Fsp3) is 0.480. The van der Waals surface area contributed by atoms with E-state index in [1.807, 2.05) is 45.9 Å². The molecular weight excluding hydrogens is 496 g/mol. The van der Waals surface area contributed by atoms with Crippen molar-refractivity contribution in [3.63, 3.8) is 0 Å². The van der Waals surface area contributed by atoms with Crippen molar-refractivity contribution >= 4 is 17.7 Å². The van der Waals surface area contributed by atoms with Gasteiger partial charge in [-0.1, -0.05) is 6.07 Å². The third-order valence-corrected chi connectivity index (χ3v) is 8.34. The first-order chi connectivity index (χ1) is 17.6. The van der Waals surface area contributed by atoms with E-state index in [9.17, 15) is 19.5 Å². The fourth-order valence-corrected chi connectivity index (χ4v) is 6.74. The van der Waals surface area contributed by atoms with Gasteiger partial charge in [-0.05, 0) is 51.8 Å². The molecule has 196 valence electrons. The largest absolute Gasteiger partial charge is 0.389 e. The van der Waals surface area contributed by atoms with Crippen LogP contribution in [-0.4, -0.2) is 64.5 Å². The zero-order valence-corrected chi connectivity index (χ0v) is 22.2. The van der Waals surface area contributed by atoms with E-state index in [1.165, 1.54) is 18.8 Å². The average Bonchev–Trinajstić information content (AvgIpc) is 3.54. The van der Waals surface area contributed by atoms with Crippen LogP contribution in [0.25, 0.3) is 5.82 Å². The third kappa shape index (κ3) is 4.22. The van der Waals surface area contributed by atoms with Gasteiger partial charge in [0.2, 0.25) is 0 Å². The number of nitrogens with zero attached hydrogens (tertiary/aromatic N) is 6. The van der Waals surface area contributed by atoms with Crippen LogP contribution in [0.4, 0.5) is 0 Å². The molecule has 1 amide bonds. The lowest BCUT2D eigenvalue weighted by Crippen LogP contribution is -2.44. The van der Waals surface area contributed by atoms with Gasteiger partial charge in [-0.2, -0.15) is 5.10 Å². The van der Waals surface area contributed by atoms with Gasteiger partial charge in [-0.3, -0.25) is 23.6 Å². The number of hydrogen-bond acceptors (Lipinski definition) is 8. The Labute approximate surface area is 217 Å². The van der Waals surface area contributed by atoms with Gasteiger partial charge in [0.1, 0.15) is 6.61 Å². The first-order valence-electron chi connectivity index (χ1n) is 12.2. The van der Waals surface area contributed by atoms with Crippen molar-refractivity contribution in [3.05, 3.63) is 67.7 Å². The topological polar surface area (TPSA) is 124 Å². The summed E-state index contributed by atoms with van der Waals surface area (Å²) < 4.78 is 4.42. The van der Waals surface area contributed by atoms with E-state index in [0.717, 1.165) is 26.6 Å². The van der Waals surface area contributed by atoms with Crippen LogP contribution in [0.3, 0.4) is 0 Å². The maximum atomic E-state index is 13.8. The molecule has 3 aromatic heterocycles. The van der Waals surface area contributed by atoms with Crippen molar-refractivity contribution in [2.75, 3.05) is 13.2 Å². The van der Waals surface area contributed by atoms with Crippen molar-refractivity contribution in [2.45, 2.75) is 62.5 Å². The summed E-state index contributed by atoms with van der Waals surface area (Å²) in [4.78, 5) is 50.1. The summed E-state index contributed by atoms with van der Waals surface area (Å²) in [7, 11) is 1.44. The molecule has 12 heteroatoms. The molecule has 37 heavy (non-hydrogen) atoms. The quantitative estimate of drug-likeness (QED) is 0.493. The lowest BCUT2D eigenvalue weighted by atomic mass is 9.92. The number of carbonyl (C=O) groups is 1. The predicted molar refractivity (Wildman–Crippen MR) is 137 cm³/mol. The summed E-state index contributed by atoms with van der Waals surface area (Å²) in [5, 5.41) is 15.9. The normalized spacial score (nSPS) is 21.2. The minimum atomic E-state index is -0.855. The zero-order valence-electron chi connectivity index (χ0n) is 21.4. The molecule has 3 atom stereocenters. The number of aliphatic hydroxyl groups is 1. The van der Waals surface area contributed by atoms with E-state index in [0.29, 0.717) is 22.8 Å². The molecule has 2 aliphatic rings. The summed E-state index contributed by atoms with van der Waals surface area (Å²) in [6.07, 6.45) is 1.35. The Hall–Kier alpha value is -3.22. The summed E-state index contributed by atoms with van der Waals surface area (Å²) >= 11 is 1.37. The molecule has 0 bridgehead atoms. The second-order valence-corrected chi connectivity index (χ2v) is 11.0. The number of pyridine rings is 1. The van der Waals surface area contributed by atoms with Crippen molar-refractivity contribution < 1.29 is 14.7 Å². The van der Waals surface area contributed by atoms with Gasteiger partial charge in [0, 0.05) is 30.2 Å². The standard InChI is InChI=1S/C25H30N6O5S/c1-13(2)30-24-21(22(33)28(5)25(30)35)20(23(34)29-11-16(32)12-36-29)18(37-24)10-17-14(3)27-31(15(17)4)19-8-6-7-9-26-19/h6-9,13,16,18,20,32H,10-12H2,1-5H3/t16-,18?,20?/m0/s1. The Morgan fingerprint density at radius 2 is 2.03 bits per heavy atom. The predicted octanol–water partition coefficient (Wildman–Crippen LogP) is 1.26. The fourth-order valence-electron chi connectivity index (χ4n) is 5.07. The molecule has 5 heterocycles. The van der Waals surface area contributed by atoms with Gasteiger partial charge in [0.05, 0.1) is 34.8 Å². The van der Waals surface area contributed by atoms with Crippen LogP contribution < -0.4 is 11.2 Å². The molecule has 5 rings (SSSR count). The van der Waals surface area contributed by atoms with Crippen molar-refractivity contribution in [1.82, 2.24) is 29.0 Å². The summed E-state index contributed by atoms with van der Waals surface area (Å²) in [6, 6.07) is 5.39. The van der Waals surface area contributed by atoms with E-state index in [2.05, 4.69) is 4.98 Å². The lowest BCUT2D eigenvalue weighted by Gasteiger charge is -2.23. The van der Waals surface area contributed by atoms with Crippen molar-refractivity contribution in [3.8, 4) is 5.82 Å². The Bertz CT molecular complexity index is 1480. The molecule has 2 unspecified atom stereocenters. The molecule has 0 spiro atoms. The summed E-state index contributed by atoms with van der Waals surface area (Å²) in [6.45, 7) is 7.67. The highest BCUT2D eigenvalue weighted by atomic mass is 32.2. The number of hydroxylamine groups is 2. The van der Waals surface area contributed by atoms with Gasteiger partial charge in [-0.15, -0.1) is 11.8 Å². The number of amides is 1. The minimum absolute atomic E-state index is 0.0156. The minimum Gasteiger partial charge on any atom is -0.389 e. The molecule has 3 aromatic rings. The van der Waals surface area contributed by atoms with Crippen LogP contribution in [0.1, 0.15) is 48.3 Å². The van der Waals surface area contributed by atoms with Crippen LogP contribution >= 0.6 is 11.8 Å². The number of hydrogen-bond donors (Lipinski definition) is 1. The van der Waals surface area contributed by atoms with Gasteiger partial charge in [0.15, 0.2) is 5.82 Å². The number of rotatable bonds is 5. The number of aliphatic hydroxyl groups excluding tert-OH is 1. The number of thioether (sulfide) groups is 1. The third-order valence-electron chi connectivity index (χ3n) is 6.96. The number of β-amino-alcohol motifs (C(OH)–C–C–N with tert-alkyl or cyclic N) is 1. The van der Waals surface area contributed by atoms with Crippen LogP contribution in [0.2, 0.25) is 0 Å². The van der Waals surface area contributed by atoms with Crippen molar-refractivity contribution in [1.29, 1.82) is 0 Å². The molecule has 1 fully saturated rings. The molecular formula is C25H30N6O5S. The number of fused-ring (bicyclic) bond motifs is 1. The van der Waals surface area contributed by atoms with Crippen molar-refractivity contribution in [2.24, 2.45) is 7.05 Å². The van der Waals surface area contributed by atoms with Crippen LogP contribution in [0.15, 0.2) is 39.0 Å². The molecule has 0 aromatic carbocycles. The lowest BCUT2D eigenvalue weighted by molar-refractivity contribution is -0.170. The maximum absolute atomic E-state index is 13.8. The Balaban J connectivity index is 1.62. The average molecular weight is 527 g/mol. The van der Waals surface area contributed by atoms with Crippen LogP contribution in [0.5, 0.6) is 0 Å². The van der Waals surface area contributed by atoms with Gasteiger partial charge >= 0.3 is 5.69 Å². The van der Waals surface area contributed by atoms with E-state index in [1.54, 1.807) is 15.4 Å². The SMILES string of the molecule is Cc1nn(-c2ccccn2)c(C)c1CC1Sc2c(c(=O)n(C)c(=O)n2C(C)C)C1C(=O)N1C[C@H](O)CO1. The van der Waals surface area contributed by atoms with Crippen LogP contribution in [-0.2, 0) is 23.1 Å². The van der Waals surface area contributed by atoms with Crippen LogP contribution in [0, 0.1) is 13.8 Å². The number of aryl methyl sites for hydroxylation is 1. The molecule has 0 aliphatic carbocycles. The van der Waals surface area contributed by atoms with E-state index in [4.69, 9.17) is 9.94 Å². The monoisotopic (exact) mass is 526 g/mol. The first kappa shape index (κ1) is 25.4. The Morgan fingerprint density at radius 1 is 1.27 bits per heavy atom. The van der Waals surface area contributed by atoms with E-state index < -0.39 is 29.2 Å². The van der Waals surface area contributed by atoms with Gasteiger partial charge in [-0.25, -0.2) is 19.5 Å². The number of aromatic nitrogens is 5. The molecule has 0 saturated carbocycles. The van der Waals surface area contributed by atoms with E-state index >= 15 is 0 Å².